The number of alkyl halides is 3. The Kier molecular flexibility index (Phi) is 4.48. The van der Waals surface area contributed by atoms with E-state index in [0.717, 1.165) is 17.7 Å². The Balaban J connectivity index is 1.81. The Hall–Kier alpha value is -2.83. The average molecular weight is 348 g/mol. The summed E-state index contributed by atoms with van der Waals surface area (Å²) in [5, 5.41) is 4.07. The molecule has 2 aromatic carbocycles. The molecule has 0 spiro atoms. The maximum Gasteiger partial charge on any atom is 0.416 e. The Morgan fingerprint density at radius 2 is 1.88 bits per heavy atom. The van der Waals surface area contributed by atoms with Crippen molar-refractivity contribution in [2.45, 2.75) is 19.5 Å². The molecular weight excluding hydrogens is 333 g/mol. The summed E-state index contributed by atoms with van der Waals surface area (Å²) in [6, 6.07) is 10.2. The highest BCUT2D eigenvalue weighted by Crippen LogP contribution is 2.34. The lowest BCUT2D eigenvalue weighted by Crippen LogP contribution is -2.23. The fraction of sp³-hybridized carbons (Fsp3) is 0.222. The third kappa shape index (κ3) is 3.81. The molecule has 0 bridgehead atoms. The summed E-state index contributed by atoms with van der Waals surface area (Å²) in [5.41, 5.74) is 4.08. The van der Waals surface area contributed by atoms with Crippen LogP contribution >= 0.6 is 0 Å². The van der Waals surface area contributed by atoms with Gasteiger partial charge in [-0.25, -0.2) is 5.43 Å². The highest BCUT2D eigenvalue weighted by Gasteiger charge is 2.32. The minimum atomic E-state index is -4.44. The van der Waals surface area contributed by atoms with Crippen molar-refractivity contribution in [1.29, 1.82) is 0 Å². The first kappa shape index (κ1) is 17.0. The first-order chi connectivity index (χ1) is 11.8. The molecule has 7 heteroatoms. The SMILES string of the molecule is Cc1ccc(C(=O)NN=C2CCOc3cc(C(F)(F)F)ccc32)cc1. The smallest absolute Gasteiger partial charge is 0.416 e. The second kappa shape index (κ2) is 6.58. The zero-order chi connectivity index (χ0) is 18.0. The van der Waals surface area contributed by atoms with Crippen LogP contribution in [0.3, 0.4) is 0 Å². The van der Waals surface area contributed by atoms with Crippen molar-refractivity contribution in [2.24, 2.45) is 5.10 Å². The summed E-state index contributed by atoms with van der Waals surface area (Å²) in [5.74, 6) is -0.267. The third-order valence-electron chi connectivity index (χ3n) is 3.82. The topological polar surface area (TPSA) is 50.7 Å². The number of amides is 1. The highest BCUT2D eigenvalue weighted by atomic mass is 19.4. The second-order valence-corrected chi connectivity index (χ2v) is 5.67. The number of hydrogen-bond acceptors (Lipinski definition) is 3. The molecule has 3 rings (SSSR count). The number of aryl methyl sites for hydroxylation is 1. The van der Waals surface area contributed by atoms with E-state index in [9.17, 15) is 18.0 Å². The molecule has 1 N–H and O–H groups in total. The van der Waals surface area contributed by atoms with Crippen molar-refractivity contribution in [2.75, 3.05) is 6.61 Å². The molecule has 0 unspecified atom stereocenters. The predicted molar refractivity (Wildman–Crippen MR) is 86.7 cm³/mol. The van der Waals surface area contributed by atoms with Crippen LogP contribution in [0.25, 0.3) is 0 Å². The van der Waals surface area contributed by atoms with E-state index in [2.05, 4.69) is 10.5 Å². The second-order valence-electron chi connectivity index (χ2n) is 5.67. The molecule has 1 amide bonds. The van der Waals surface area contributed by atoms with E-state index in [1.165, 1.54) is 6.07 Å². The number of nitrogens with zero attached hydrogens (tertiary/aromatic N) is 1. The predicted octanol–water partition coefficient (Wildman–Crippen LogP) is 3.93. The van der Waals surface area contributed by atoms with Crippen molar-refractivity contribution in [1.82, 2.24) is 5.43 Å². The quantitative estimate of drug-likeness (QED) is 0.836. The van der Waals surface area contributed by atoms with Gasteiger partial charge in [-0.3, -0.25) is 4.79 Å². The lowest BCUT2D eigenvalue weighted by Gasteiger charge is -2.20. The summed E-state index contributed by atoms with van der Waals surface area (Å²) >= 11 is 0. The molecule has 0 atom stereocenters. The molecule has 0 saturated carbocycles. The van der Waals surface area contributed by atoms with Gasteiger partial charge in [0.2, 0.25) is 0 Å². The molecule has 1 heterocycles. The number of hydrazone groups is 1. The summed E-state index contributed by atoms with van der Waals surface area (Å²) in [6.07, 6.45) is -4.04. The minimum Gasteiger partial charge on any atom is -0.492 e. The van der Waals surface area contributed by atoms with Crippen molar-refractivity contribution in [3.63, 3.8) is 0 Å². The number of rotatable bonds is 2. The van der Waals surface area contributed by atoms with Gasteiger partial charge in [-0.1, -0.05) is 17.7 Å². The molecule has 0 saturated heterocycles. The molecule has 25 heavy (non-hydrogen) atoms. The van der Waals surface area contributed by atoms with Crippen LogP contribution in [-0.4, -0.2) is 18.2 Å². The first-order valence-corrected chi connectivity index (χ1v) is 7.62. The molecule has 1 aliphatic heterocycles. The van der Waals surface area contributed by atoms with E-state index < -0.39 is 11.7 Å². The first-order valence-electron chi connectivity index (χ1n) is 7.62. The number of carbonyl (C=O) groups is 1. The molecule has 4 nitrogen and oxygen atoms in total. The molecule has 2 aromatic rings. The fourth-order valence-corrected chi connectivity index (χ4v) is 2.45. The van der Waals surface area contributed by atoms with E-state index in [-0.39, 0.29) is 18.3 Å². The number of carbonyl (C=O) groups excluding carboxylic acids is 1. The van der Waals surface area contributed by atoms with Crippen LogP contribution in [0.2, 0.25) is 0 Å². The van der Waals surface area contributed by atoms with Crippen LogP contribution in [0.4, 0.5) is 13.2 Å². The average Bonchev–Trinajstić information content (AvgIpc) is 2.59. The Morgan fingerprint density at radius 3 is 2.56 bits per heavy atom. The van der Waals surface area contributed by atoms with Gasteiger partial charge in [0, 0.05) is 17.5 Å². The molecule has 1 aliphatic rings. The summed E-state index contributed by atoms with van der Waals surface area (Å²) in [6.45, 7) is 2.11. The van der Waals surface area contributed by atoms with E-state index in [4.69, 9.17) is 4.74 Å². The summed E-state index contributed by atoms with van der Waals surface area (Å²) in [7, 11) is 0. The van der Waals surface area contributed by atoms with Crippen LogP contribution in [0.1, 0.15) is 33.5 Å². The zero-order valence-corrected chi connectivity index (χ0v) is 13.4. The lowest BCUT2D eigenvalue weighted by molar-refractivity contribution is -0.137. The maximum atomic E-state index is 12.8. The number of fused-ring (bicyclic) bond motifs is 1. The number of halogens is 3. The Labute approximate surface area is 142 Å². The molecule has 0 radical (unpaired) electrons. The Morgan fingerprint density at radius 1 is 1.16 bits per heavy atom. The standard InChI is InChI=1S/C18H15F3N2O2/c1-11-2-4-12(5-3-11)17(24)23-22-15-8-9-25-16-10-13(18(19,20)21)6-7-14(15)16/h2-7,10H,8-9H2,1H3,(H,23,24). The van der Waals surface area contributed by atoms with E-state index in [1.54, 1.807) is 12.1 Å². The Bertz CT molecular complexity index is 827. The van der Waals surface area contributed by atoms with Crippen LogP contribution in [-0.2, 0) is 6.18 Å². The van der Waals surface area contributed by atoms with Crippen molar-refractivity contribution in [3.05, 3.63) is 64.7 Å². The molecule has 130 valence electrons. The van der Waals surface area contributed by atoms with Crippen LogP contribution < -0.4 is 10.2 Å². The highest BCUT2D eigenvalue weighted by molar-refractivity contribution is 6.05. The monoisotopic (exact) mass is 348 g/mol. The summed E-state index contributed by atoms with van der Waals surface area (Å²) < 4.78 is 43.6. The molecule has 0 fully saturated rings. The van der Waals surface area contributed by atoms with Gasteiger partial charge >= 0.3 is 6.18 Å². The van der Waals surface area contributed by atoms with Crippen LogP contribution in [0.5, 0.6) is 5.75 Å². The number of benzene rings is 2. The molecular formula is C18H15F3N2O2. The minimum absolute atomic E-state index is 0.115. The zero-order valence-electron chi connectivity index (χ0n) is 13.4. The van der Waals surface area contributed by atoms with Crippen molar-refractivity contribution < 1.29 is 22.7 Å². The van der Waals surface area contributed by atoms with Gasteiger partial charge in [0.05, 0.1) is 17.9 Å². The van der Waals surface area contributed by atoms with E-state index in [0.29, 0.717) is 23.3 Å². The van der Waals surface area contributed by atoms with E-state index >= 15 is 0 Å². The number of nitrogens with one attached hydrogen (secondary N) is 1. The number of hydrogen-bond donors (Lipinski definition) is 1. The normalized spacial score (nSPS) is 15.4. The van der Waals surface area contributed by atoms with Gasteiger partial charge < -0.3 is 4.74 Å². The van der Waals surface area contributed by atoms with Gasteiger partial charge in [-0.2, -0.15) is 18.3 Å². The van der Waals surface area contributed by atoms with Crippen molar-refractivity contribution >= 4 is 11.6 Å². The van der Waals surface area contributed by atoms with Crippen LogP contribution in [0, 0.1) is 6.92 Å². The van der Waals surface area contributed by atoms with Gasteiger partial charge in [-0.15, -0.1) is 0 Å². The number of ether oxygens (including phenoxy) is 1. The van der Waals surface area contributed by atoms with Crippen molar-refractivity contribution in [3.8, 4) is 5.75 Å². The largest absolute Gasteiger partial charge is 0.492 e. The summed E-state index contributed by atoms with van der Waals surface area (Å²) in [4.78, 5) is 12.1. The molecule has 0 aliphatic carbocycles. The van der Waals surface area contributed by atoms with E-state index in [1.807, 2.05) is 19.1 Å². The molecule has 0 aromatic heterocycles. The fourth-order valence-electron chi connectivity index (χ4n) is 2.45. The lowest BCUT2D eigenvalue weighted by atomic mass is 10.0. The van der Waals surface area contributed by atoms with Crippen LogP contribution in [0.15, 0.2) is 47.6 Å². The maximum absolute atomic E-state index is 12.8. The van der Waals surface area contributed by atoms with Gasteiger partial charge in [0.1, 0.15) is 5.75 Å². The van der Waals surface area contributed by atoms with Gasteiger partial charge in [-0.05, 0) is 37.3 Å². The van der Waals surface area contributed by atoms with Gasteiger partial charge in [0.25, 0.3) is 5.91 Å². The third-order valence-corrected chi connectivity index (χ3v) is 3.82. The van der Waals surface area contributed by atoms with Gasteiger partial charge in [0.15, 0.2) is 0 Å².